The van der Waals surface area contributed by atoms with Crippen LogP contribution in [0.2, 0.25) is 0 Å². The largest absolute Gasteiger partial charge is 0.496 e. The van der Waals surface area contributed by atoms with Crippen molar-refractivity contribution in [2.24, 2.45) is 0 Å². The Morgan fingerprint density at radius 3 is 0.745 bits per heavy atom. The maximum absolute atomic E-state index is 12.2. The number of benzene rings is 9. The molecule has 0 saturated heterocycles. The minimum absolute atomic E-state index is 0.0721. The molecule has 0 aliphatic carbocycles. The van der Waals surface area contributed by atoms with Crippen molar-refractivity contribution in [3.63, 3.8) is 0 Å². The van der Waals surface area contributed by atoms with Gasteiger partial charge in [0, 0.05) is 17.2 Å². The molecule has 9 aromatic rings. The number of alkyl halides is 12. The van der Waals surface area contributed by atoms with Crippen LogP contribution in [0.15, 0.2) is 188 Å². The zero-order chi connectivity index (χ0) is 78.9. The summed E-state index contributed by atoms with van der Waals surface area (Å²) in [5, 5.41) is 0. The topological polar surface area (TPSA) is 9.23 Å². The molecular formula is C87H106F14O. The lowest BCUT2D eigenvalue weighted by molar-refractivity contribution is -0.143. The molecule has 0 radical (unpaired) electrons. The number of hydrogen-bond donors (Lipinski definition) is 0. The summed E-state index contributed by atoms with van der Waals surface area (Å²) >= 11 is 0. The van der Waals surface area contributed by atoms with Crippen molar-refractivity contribution in [3.8, 4) is 5.75 Å². The standard InChI is InChI=1S/C16H26O.C15H24.C9H6F6.C9H12.2C8H7F3.C8H10.C7H6F2.C7H8/c1-11-9-12(15(2,3)4)14(17-8)13(10-11)16(5,6)7;1-11-8-12(14(2,3)4)10-13(9-11)15(5,6)7;1-5-2-6(8(10,11)12)4-7(3-5)9(13,14)15;1-7-4-8(2)6-9(3)5-7;1-6-2-4-7(5-3-6)8(9,10)11;1-6-3-2-4-7(5-6)8(9,10)11;1-7-3-5-8(2)6-4-7;1-5-2-6(8)4-7(9)3-5;1-7-5-3-2-4-6-7/h9-10H,1-8H3;8-10H,1-7H3;2-4H,1H3;4-6H,1-3H3;2*2-5H,1H3;3-6H,1-2H3;2-4H,1H3;2-6H,1H3. The summed E-state index contributed by atoms with van der Waals surface area (Å²) in [4.78, 5) is 0. The highest BCUT2D eigenvalue weighted by molar-refractivity contribution is 5.50. The molecule has 0 aliphatic rings. The molecule has 558 valence electrons. The van der Waals surface area contributed by atoms with Crippen molar-refractivity contribution in [2.45, 2.75) is 213 Å². The number of rotatable bonds is 1. The Labute approximate surface area is 599 Å². The molecule has 102 heavy (non-hydrogen) atoms. The van der Waals surface area contributed by atoms with Crippen molar-refractivity contribution >= 4 is 0 Å². The number of ether oxygens (including phenoxy) is 1. The van der Waals surface area contributed by atoms with Gasteiger partial charge in [0.25, 0.3) is 0 Å². The predicted octanol–water partition coefficient (Wildman–Crippen LogP) is 28.4. The summed E-state index contributed by atoms with van der Waals surface area (Å²) in [6, 6.07) is 51.9. The second-order valence-corrected chi connectivity index (χ2v) is 29.7. The van der Waals surface area contributed by atoms with Gasteiger partial charge in [0.2, 0.25) is 0 Å². The molecule has 0 aliphatic heterocycles. The molecule has 9 aromatic carbocycles. The summed E-state index contributed by atoms with van der Waals surface area (Å²) in [6.07, 6.45) is -17.9. The highest BCUT2D eigenvalue weighted by atomic mass is 19.4. The minimum Gasteiger partial charge on any atom is -0.496 e. The first-order chi connectivity index (χ1) is 46.3. The Balaban J connectivity index is 0.000000581. The summed E-state index contributed by atoms with van der Waals surface area (Å²) in [5.41, 5.74) is 15.1. The van der Waals surface area contributed by atoms with Gasteiger partial charge in [0.15, 0.2) is 0 Å². The zero-order valence-corrected chi connectivity index (χ0v) is 64.1. The Kier molecular flexibility index (Phi) is 35.5. The quantitative estimate of drug-likeness (QED) is 0.149. The van der Waals surface area contributed by atoms with E-state index in [1.165, 1.54) is 104 Å². The van der Waals surface area contributed by atoms with Gasteiger partial charge in [-0.05, 0) is 176 Å². The average Bonchev–Trinajstić information content (AvgIpc) is 0.786. The van der Waals surface area contributed by atoms with Crippen LogP contribution in [-0.4, -0.2) is 7.11 Å². The van der Waals surface area contributed by atoms with Gasteiger partial charge in [-0.2, -0.15) is 52.7 Å². The van der Waals surface area contributed by atoms with Gasteiger partial charge >= 0.3 is 24.7 Å². The fraction of sp³-hybridized carbons (Fsp3) is 0.379. The van der Waals surface area contributed by atoms with E-state index in [1.54, 1.807) is 33.9 Å². The number of halogens is 14. The van der Waals surface area contributed by atoms with Crippen LogP contribution >= 0.6 is 0 Å². The second kappa shape index (κ2) is 39.4. The van der Waals surface area contributed by atoms with Gasteiger partial charge in [0.1, 0.15) is 17.4 Å². The average molecular weight is 1430 g/mol. The van der Waals surface area contributed by atoms with Crippen LogP contribution in [0, 0.1) is 94.7 Å². The molecule has 0 bridgehead atoms. The molecule has 0 fully saturated rings. The van der Waals surface area contributed by atoms with Gasteiger partial charge in [-0.25, -0.2) is 8.78 Å². The van der Waals surface area contributed by atoms with Crippen LogP contribution in [0.3, 0.4) is 0 Å². The van der Waals surface area contributed by atoms with Crippen molar-refractivity contribution in [3.05, 3.63) is 311 Å². The smallest absolute Gasteiger partial charge is 0.416 e. The van der Waals surface area contributed by atoms with Crippen LogP contribution < -0.4 is 4.74 Å². The molecule has 0 atom stereocenters. The molecule has 0 spiro atoms. The molecule has 0 heterocycles. The fourth-order valence-electron chi connectivity index (χ4n) is 9.50. The van der Waals surface area contributed by atoms with Crippen LogP contribution in [-0.2, 0) is 46.4 Å². The number of hydrogen-bond acceptors (Lipinski definition) is 1. The molecule has 0 aromatic heterocycles. The normalized spacial score (nSPS) is 11.5. The maximum Gasteiger partial charge on any atom is 0.416 e. The SMILES string of the molecule is COc1c(C(C)(C)C)cc(C)cc1C(C)(C)C.Cc1cc(C(C)(C)C)cc(C(C)(C)C)c1.Cc1cc(C(F)(F)F)cc(C(F)(F)F)c1.Cc1cc(C)cc(C)c1.Cc1cc(F)cc(F)c1.Cc1ccc(C(F)(F)F)cc1.Cc1ccc(C)cc1.Cc1cccc(C(F)(F)F)c1.Cc1ccccc1. The van der Waals surface area contributed by atoms with Gasteiger partial charge < -0.3 is 4.74 Å². The molecule has 15 heteroatoms. The Morgan fingerprint density at radius 2 is 0.480 bits per heavy atom. The van der Waals surface area contributed by atoms with E-state index in [0.29, 0.717) is 23.3 Å². The van der Waals surface area contributed by atoms with Crippen LogP contribution in [0.1, 0.15) is 194 Å². The lowest BCUT2D eigenvalue weighted by Crippen LogP contribution is -2.19. The van der Waals surface area contributed by atoms with Crippen molar-refractivity contribution in [1.29, 1.82) is 0 Å². The highest BCUT2D eigenvalue weighted by Crippen LogP contribution is 2.41. The molecule has 0 N–H and O–H groups in total. The molecule has 9 rings (SSSR count). The van der Waals surface area contributed by atoms with Gasteiger partial charge in [-0.3, -0.25) is 0 Å². The fourth-order valence-corrected chi connectivity index (χ4v) is 9.50. The monoisotopic (exact) mass is 1430 g/mol. The third kappa shape index (κ3) is 36.6. The summed E-state index contributed by atoms with van der Waals surface area (Å²) in [5.74, 6) is 0.00981. The lowest BCUT2D eigenvalue weighted by Gasteiger charge is -2.29. The third-order valence-electron chi connectivity index (χ3n) is 14.9. The van der Waals surface area contributed by atoms with E-state index in [-0.39, 0.29) is 33.3 Å². The number of aryl methyl sites for hydroxylation is 12. The Hall–Kier alpha value is -8.20. The maximum atomic E-state index is 12.2. The van der Waals surface area contributed by atoms with E-state index in [9.17, 15) is 61.5 Å². The van der Waals surface area contributed by atoms with Crippen LogP contribution in [0.25, 0.3) is 0 Å². The molecule has 0 unspecified atom stereocenters. The van der Waals surface area contributed by atoms with Crippen molar-refractivity contribution < 1.29 is 66.2 Å². The van der Waals surface area contributed by atoms with Gasteiger partial charge in [0.05, 0.1) is 29.4 Å². The first-order valence-corrected chi connectivity index (χ1v) is 33.2. The van der Waals surface area contributed by atoms with Gasteiger partial charge in [-0.15, -0.1) is 0 Å². The molecule has 0 saturated carbocycles. The predicted molar refractivity (Wildman–Crippen MR) is 396 cm³/mol. The highest BCUT2D eigenvalue weighted by Gasteiger charge is 2.37. The van der Waals surface area contributed by atoms with E-state index < -0.39 is 58.6 Å². The minimum atomic E-state index is -4.76. The first kappa shape index (κ1) is 91.8. The lowest BCUT2D eigenvalue weighted by atomic mass is 9.78. The molecule has 1 nitrogen and oxygen atoms in total. The molecular weight excluding hydrogens is 1330 g/mol. The van der Waals surface area contributed by atoms with E-state index >= 15 is 0 Å². The van der Waals surface area contributed by atoms with E-state index in [4.69, 9.17) is 4.74 Å². The zero-order valence-electron chi connectivity index (χ0n) is 64.1. The summed E-state index contributed by atoms with van der Waals surface area (Å²) in [7, 11) is 1.77. The van der Waals surface area contributed by atoms with E-state index in [0.717, 1.165) is 41.6 Å². The number of methoxy groups -OCH3 is 1. The summed E-state index contributed by atoms with van der Waals surface area (Å²) < 4.78 is 175. The van der Waals surface area contributed by atoms with Crippen molar-refractivity contribution in [1.82, 2.24) is 0 Å². The second-order valence-electron chi connectivity index (χ2n) is 29.7. The Morgan fingerprint density at radius 1 is 0.216 bits per heavy atom. The summed E-state index contributed by atoms with van der Waals surface area (Å²) in [6.45, 7) is 50.2. The third-order valence-corrected chi connectivity index (χ3v) is 14.9. The first-order valence-electron chi connectivity index (χ1n) is 33.2. The van der Waals surface area contributed by atoms with Crippen molar-refractivity contribution in [2.75, 3.05) is 7.11 Å². The molecule has 0 amide bonds. The van der Waals surface area contributed by atoms with E-state index in [2.05, 4.69) is 223 Å². The van der Waals surface area contributed by atoms with Crippen LogP contribution in [0.5, 0.6) is 5.75 Å². The van der Waals surface area contributed by atoms with Gasteiger partial charge in [-0.1, -0.05) is 272 Å². The Bertz CT molecular complexity index is 3610. The van der Waals surface area contributed by atoms with E-state index in [1.807, 2.05) is 18.2 Å². The van der Waals surface area contributed by atoms with Crippen LogP contribution in [0.4, 0.5) is 61.5 Å².